The summed E-state index contributed by atoms with van der Waals surface area (Å²) in [5.41, 5.74) is 2.47. The molecule has 0 radical (unpaired) electrons. The molecule has 1 amide bonds. The summed E-state index contributed by atoms with van der Waals surface area (Å²) in [6.45, 7) is 0.874. The molecule has 16 heavy (non-hydrogen) atoms. The summed E-state index contributed by atoms with van der Waals surface area (Å²) < 4.78 is 24.1. The van der Waals surface area contributed by atoms with Gasteiger partial charge >= 0.3 is 6.43 Å². The van der Waals surface area contributed by atoms with Crippen LogP contribution in [0.5, 0.6) is 0 Å². The van der Waals surface area contributed by atoms with E-state index in [1.165, 1.54) is 0 Å². The Labute approximate surface area is 91.8 Å². The first-order chi connectivity index (χ1) is 7.66. The van der Waals surface area contributed by atoms with E-state index in [9.17, 15) is 13.6 Å². The molecule has 2 N–H and O–H groups in total. The lowest BCUT2D eigenvalue weighted by molar-refractivity contribution is -0.126. The van der Waals surface area contributed by atoms with Crippen molar-refractivity contribution >= 4 is 17.3 Å². The molecule has 1 aromatic rings. The van der Waals surface area contributed by atoms with Crippen LogP contribution in [0.3, 0.4) is 0 Å². The highest BCUT2D eigenvalue weighted by molar-refractivity contribution is 5.93. The minimum absolute atomic E-state index is 0.401. The lowest BCUT2D eigenvalue weighted by Gasteiger charge is -2.18. The fraction of sp³-hybridized carbons (Fsp3) is 0.364. The van der Waals surface area contributed by atoms with E-state index < -0.39 is 12.3 Å². The maximum absolute atomic E-state index is 12.0. The van der Waals surface area contributed by atoms with E-state index in [2.05, 4.69) is 10.6 Å². The summed E-state index contributed by atoms with van der Waals surface area (Å²) in [5, 5.41) is 5.33. The van der Waals surface area contributed by atoms with Crippen LogP contribution >= 0.6 is 0 Å². The van der Waals surface area contributed by atoms with Gasteiger partial charge in [0.1, 0.15) is 0 Å². The van der Waals surface area contributed by atoms with E-state index in [4.69, 9.17) is 0 Å². The smallest absolute Gasteiger partial charge is 0.315 e. The standard InChI is InChI=1S/C11H12F2N2O/c12-10(13)11(16)15-8-4-3-7-2-1-5-14-9(7)6-8/h3-4,6,10,14H,1-2,5H2,(H,15,16). The van der Waals surface area contributed by atoms with Crippen molar-refractivity contribution in [1.82, 2.24) is 0 Å². The molecule has 0 spiro atoms. The fourth-order valence-corrected chi connectivity index (χ4v) is 1.74. The number of amides is 1. The number of rotatable bonds is 2. The first-order valence-corrected chi connectivity index (χ1v) is 5.12. The van der Waals surface area contributed by atoms with Crippen LogP contribution in [0.25, 0.3) is 0 Å². The van der Waals surface area contributed by atoms with Gasteiger partial charge in [-0.1, -0.05) is 6.07 Å². The van der Waals surface area contributed by atoms with Crippen molar-refractivity contribution in [3.05, 3.63) is 23.8 Å². The molecule has 0 saturated carbocycles. The van der Waals surface area contributed by atoms with Gasteiger partial charge in [-0.2, -0.15) is 8.78 Å². The molecular formula is C11H12F2N2O. The van der Waals surface area contributed by atoms with Crippen LogP contribution in [0.15, 0.2) is 18.2 Å². The second-order valence-electron chi connectivity index (χ2n) is 3.69. The van der Waals surface area contributed by atoms with Crippen molar-refractivity contribution in [3.63, 3.8) is 0 Å². The highest BCUT2D eigenvalue weighted by Gasteiger charge is 2.16. The number of anilines is 2. The Morgan fingerprint density at radius 2 is 2.25 bits per heavy atom. The van der Waals surface area contributed by atoms with Gasteiger partial charge in [-0.15, -0.1) is 0 Å². The Bertz CT molecular complexity index is 407. The molecule has 0 fully saturated rings. The average Bonchev–Trinajstić information content (AvgIpc) is 2.28. The number of hydrogen-bond acceptors (Lipinski definition) is 2. The molecule has 86 valence electrons. The topological polar surface area (TPSA) is 41.1 Å². The maximum atomic E-state index is 12.0. The zero-order valence-electron chi connectivity index (χ0n) is 8.59. The van der Waals surface area contributed by atoms with Gasteiger partial charge < -0.3 is 10.6 Å². The molecule has 0 aliphatic carbocycles. The summed E-state index contributed by atoms with van der Waals surface area (Å²) in [6.07, 6.45) is -0.940. The van der Waals surface area contributed by atoms with Gasteiger partial charge in [-0.25, -0.2) is 0 Å². The third-order valence-corrected chi connectivity index (χ3v) is 2.51. The first-order valence-electron chi connectivity index (χ1n) is 5.12. The predicted octanol–water partition coefficient (Wildman–Crippen LogP) is 2.25. The van der Waals surface area contributed by atoms with Gasteiger partial charge in [-0.3, -0.25) is 4.79 Å². The van der Waals surface area contributed by atoms with Crippen molar-refractivity contribution in [3.8, 4) is 0 Å². The number of nitrogens with one attached hydrogen (secondary N) is 2. The number of carbonyl (C=O) groups is 1. The lowest BCUT2D eigenvalue weighted by Crippen LogP contribution is -2.20. The third-order valence-electron chi connectivity index (χ3n) is 2.51. The zero-order chi connectivity index (χ0) is 11.5. The normalized spacial score (nSPS) is 14.2. The minimum atomic E-state index is -2.98. The van der Waals surface area contributed by atoms with E-state index in [1.807, 2.05) is 6.07 Å². The monoisotopic (exact) mass is 226 g/mol. The van der Waals surface area contributed by atoms with Gasteiger partial charge in [0.15, 0.2) is 0 Å². The van der Waals surface area contributed by atoms with Crippen LogP contribution in [0.1, 0.15) is 12.0 Å². The van der Waals surface area contributed by atoms with Gasteiger partial charge in [-0.05, 0) is 30.5 Å². The van der Waals surface area contributed by atoms with E-state index in [1.54, 1.807) is 12.1 Å². The van der Waals surface area contributed by atoms with Gasteiger partial charge in [0, 0.05) is 17.9 Å². The molecule has 0 bridgehead atoms. The number of halogens is 2. The van der Waals surface area contributed by atoms with Crippen LogP contribution < -0.4 is 10.6 Å². The van der Waals surface area contributed by atoms with Crippen molar-refractivity contribution in [2.24, 2.45) is 0 Å². The maximum Gasteiger partial charge on any atom is 0.315 e. The Morgan fingerprint density at radius 3 is 3.00 bits per heavy atom. The second kappa shape index (κ2) is 4.47. The van der Waals surface area contributed by atoms with Gasteiger partial charge in [0.05, 0.1) is 0 Å². The molecule has 1 aromatic carbocycles. The average molecular weight is 226 g/mol. The number of alkyl halides is 2. The molecule has 3 nitrogen and oxygen atoms in total. The molecule has 0 unspecified atom stereocenters. The number of carbonyl (C=O) groups excluding carboxylic acids is 1. The predicted molar refractivity (Wildman–Crippen MR) is 57.9 cm³/mol. The second-order valence-corrected chi connectivity index (χ2v) is 3.69. The Morgan fingerprint density at radius 1 is 1.44 bits per heavy atom. The highest BCUT2D eigenvalue weighted by Crippen LogP contribution is 2.25. The van der Waals surface area contributed by atoms with Crippen molar-refractivity contribution in [2.45, 2.75) is 19.3 Å². The van der Waals surface area contributed by atoms with Crippen molar-refractivity contribution < 1.29 is 13.6 Å². The highest BCUT2D eigenvalue weighted by atomic mass is 19.3. The SMILES string of the molecule is O=C(Nc1ccc2c(c1)NCCC2)C(F)F. The van der Waals surface area contributed by atoms with Crippen LogP contribution in [0.4, 0.5) is 20.2 Å². The van der Waals surface area contributed by atoms with E-state index in [0.29, 0.717) is 5.69 Å². The minimum Gasteiger partial charge on any atom is -0.385 e. The van der Waals surface area contributed by atoms with Crippen molar-refractivity contribution in [1.29, 1.82) is 0 Å². The summed E-state index contributed by atoms with van der Waals surface area (Å²) >= 11 is 0. The number of fused-ring (bicyclic) bond motifs is 1. The molecular weight excluding hydrogens is 214 g/mol. The number of hydrogen-bond donors (Lipinski definition) is 2. The van der Waals surface area contributed by atoms with Crippen molar-refractivity contribution in [2.75, 3.05) is 17.2 Å². The number of benzene rings is 1. The summed E-state index contributed by atoms with van der Waals surface area (Å²) in [4.78, 5) is 10.8. The fourth-order valence-electron chi connectivity index (χ4n) is 1.74. The Balaban J connectivity index is 2.14. The summed E-state index contributed by atoms with van der Waals surface area (Å²) in [5.74, 6) is -1.27. The molecule has 0 atom stereocenters. The zero-order valence-corrected chi connectivity index (χ0v) is 8.59. The van der Waals surface area contributed by atoms with Gasteiger partial charge in [0.2, 0.25) is 0 Å². The van der Waals surface area contributed by atoms with Crippen LogP contribution in [0.2, 0.25) is 0 Å². The molecule has 5 heteroatoms. The van der Waals surface area contributed by atoms with Gasteiger partial charge in [0.25, 0.3) is 5.91 Å². The van der Waals surface area contributed by atoms with Crippen LogP contribution in [-0.2, 0) is 11.2 Å². The molecule has 0 saturated heterocycles. The molecule has 2 rings (SSSR count). The lowest BCUT2D eigenvalue weighted by atomic mass is 10.0. The summed E-state index contributed by atoms with van der Waals surface area (Å²) in [6, 6.07) is 5.18. The molecule has 1 aliphatic rings. The first kappa shape index (κ1) is 10.9. The molecule has 0 aromatic heterocycles. The van der Waals surface area contributed by atoms with Crippen LogP contribution in [0, 0.1) is 0 Å². The number of aryl methyl sites for hydroxylation is 1. The molecule has 1 aliphatic heterocycles. The third kappa shape index (κ3) is 2.29. The van der Waals surface area contributed by atoms with E-state index in [-0.39, 0.29) is 0 Å². The Kier molecular flexibility index (Phi) is 3.03. The van der Waals surface area contributed by atoms with E-state index in [0.717, 1.165) is 30.6 Å². The summed E-state index contributed by atoms with van der Waals surface area (Å²) in [7, 11) is 0. The van der Waals surface area contributed by atoms with Crippen LogP contribution in [-0.4, -0.2) is 18.9 Å². The van der Waals surface area contributed by atoms with E-state index >= 15 is 0 Å². The Hall–Kier alpha value is -1.65. The largest absolute Gasteiger partial charge is 0.385 e. The molecule has 1 heterocycles. The quantitative estimate of drug-likeness (QED) is 0.812.